The van der Waals surface area contributed by atoms with Gasteiger partial charge in [-0.3, -0.25) is 4.79 Å². The highest BCUT2D eigenvalue weighted by molar-refractivity contribution is 6.36. The molecule has 0 atom stereocenters. The minimum absolute atomic E-state index is 0.0891. The van der Waals surface area contributed by atoms with Crippen LogP contribution in [0.3, 0.4) is 0 Å². The number of anilines is 1. The number of benzene rings is 2. The topological polar surface area (TPSA) is 59.6 Å². The molecule has 3 aliphatic heterocycles. The number of hydrogen-bond donors (Lipinski definition) is 2. The van der Waals surface area contributed by atoms with Gasteiger partial charge in [-0.25, -0.2) is 0 Å². The molecule has 144 valence electrons. The van der Waals surface area contributed by atoms with Gasteiger partial charge in [0, 0.05) is 41.6 Å². The summed E-state index contributed by atoms with van der Waals surface area (Å²) >= 11 is 0. The van der Waals surface area contributed by atoms with Crippen molar-refractivity contribution in [1.82, 2.24) is 5.32 Å². The molecule has 2 N–H and O–H groups in total. The van der Waals surface area contributed by atoms with Gasteiger partial charge >= 0.3 is 0 Å². The lowest BCUT2D eigenvalue weighted by atomic mass is 9.98. The van der Waals surface area contributed by atoms with Crippen LogP contribution in [0.5, 0.6) is 0 Å². The summed E-state index contributed by atoms with van der Waals surface area (Å²) in [5, 5.41) is 6.57. The van der Waals surface area contributed by atoms with Crippen molar-refractivity contribution in [2.24, 2.45) is 0 Å². The zero-order valence-corrected chi connectivity index (χ0v) is 15.8. The Bertz CT molecular complexity index is 945. The second-order valence-electron chi connectivity index (χ2n) is 7.57. The number of amides is 1. The lowest BCUT2D eigenvalue weighted by molar-refractivity contribution is -0.110. The van der Waals surface area contributed by atoms with E-state index in [1.807, 2.05) is 24.3 Å². The van der Waals surface area contributed by atoms with Crippen molar-refractivity contribution >= 4 is 22.9 Å². The van der Waals surface area contributed by atoms with E-state index in [1.165, 1.54) is 5.56 Å². The minimum atomic E-state index is -0.0891. The Balaban J connectivity index is 1.34. The van der Waals surface area contributed by atoms with Crippen LogP contribution in [0.1, 0.15) is 35.1 Å². The van der Waals surface area contributed by atoms with Crippen molar-refractivity contribution in [2.45, 2.75) is 31.9 Å². The van der Waals surface area contributed by atoms with Crippen LogP contribution in [0.2, 0.25) is 0 Å². The Hall–Kier alpha value is -2.63. The number of fused-ring (bicyclic) bond motifs is 2. The van der Waals surface area contributed by atoms with Gasteiger partial charge in [-0.2, -0.15) is 0 Å². The summed E-state index contributed by atoms with van der Waals surface area (Å²) in [6, 6.07) is 14.8. The average Bonchev–Trinajstić information content (AvgIpc) is 3.28. The van der Waals surface area contributed by atoms with Gasteiger partial charge in [0.15, 0.2) is 0 Å². The number of para-hydroxylation sites is 1. The summed E-state index contributed by atoms with van der Waals surface area (Å²) in [4.78, 5) is 12.5. The Morgan fingerprint density at radius 2 is 1.93 bits per heavy atom. The van der Waals surface area contributed by atoms with Gasteiger partial charge in [0.2, 0.25) is 0 Å². The van der Waals surface area contributed by atoms with E-state index in [0.29, 0.717) is 24.0 Å². The van der Waals surface area contributed by atoms with Gasteiger partial charge in [-0.15, -0.1) is 0 Å². The minimum Gasteiger partial charge on any atom is -0.487 e. The van der Waals surface area contributed by atoms with E-state index in [4.69, 9.17) is 9.47 Å². The van der Waals surface area contributed by atoms with Crippen LogP contribution < -0.4 is 10.6 Å². The fourth-order valence-electron chi connectivity index (χ4n) is 4.24. The lowest BCUT2D eigenvalue weighted by Gasteiger charge is -2.23. The maximum Gasteiger partial charge on any atom is 0.260 e. The molecule has 5 nitrogen and oxygen atoms in total. The van der Waals surface area contributed by atoms with E-state index in [2.05, 4.69) is 28.8 Å². The molecule has 2 aromatic rings. The average molecular weight is 376 g/mol. The van der Waals surface area contributed by atoms with Crippen LogP contribution in [0.15, 0.2) is 42.5 Å². The molecule has 3 heterocycles. The standard InChI is InChI=1S/C23H24N2O3/c26-23-21(19-3-1-2-4-20(19)25-23)22-18-6-5-15(13-16(18)14-28-22)7-10-24-17-8-11-27-12-9-17/h1-6,13,17,24H,7-12,14H2,(H,25,26). The SMILES string of the molecule is O=C1Nc2ccccc2C1=C1OCc2cc(CCNC3CCOCC3)ccc21. The summed E-state index contributed by atoms with van der Waals surface area (Å²) in [5.74, 6) is 0.609. The van der Waals surface area contributed by atoms with Crippen LogP contribution in [0, 0.1) is 0 Å². The van der Waals surface area contributed by atoms with Crippen LogP contribution >= 0.6 is 0 Å². The third-order valence-electron chi connectivity index (χ3n) is 5.75. The quantitative estimate of drug-likeness (QED) is 0.804. The summed E-state index contributed by atoms with van der Waals surface area (Å²) in [6.07, 6.45) is 3.18. The van der Waals surface area contributed by atoms with Gasteiger partial charge in [-0.05, 0) is 37.4 Å². The number of nitrogens with one attached hydrogen (secondary N) is 2. The molecule has 2 aromatic carbocycles. The smallest absolute Gasteiger partial charge is 0.260 e. The second-order valence-corrected chi connectivity index (χ2v) is 7.57. The number of rotatable bonds is 4. The normalized spacial score (nSPS) is 21.2. The lowest BCUT2D eigenvalue weighted by Crippen LogP contribution is -2.35. The van der Waals surface area contributed by atoms with Crippen molar-refractivity contribution in [3.8, 4) is 0 Å². The molecule has 0 aliphatic carbocycles. The van der Waals surface area contributed by atoms with Crippen molar-refractivity contribution in [3.63, 3.8) is 0 Å². The molecule has 0 saturated carbocycles. The fourth-order valence-corrected chi connectivity index (χ4v) is 4.24. The summed E-state index contributed by atoms with van der Waals surface area (Å²) in [6.45, 7) is 3.21. The largest absolute Gasteiger partial charge is 0.487 e. The van der Waals surface area contributed by atoms with Crippen LogP contribution in [0.25, 0.3) is 11.3 Å². The molecule has 3 aliphatic rings. The van der Waals surface area contributed by atoms with Crippen molar-refractivity contribution in [1.29, 1.82) is 0 Å². The Morgan fingerprint density at radius 3 is 2.82 bits per heavy atom. The van der Waals surface area contributed by atoms with Crippen LogP contribution in [0.4, 0.5) is 5.69 Å². The molecular formula is C23H24N2O3. The number of hydrogen-bond acceptors (Lipinski definition) is 4. The fraction of sp³-hybridized carbons (Fsp3) is 0.348. The van der Waals surface area contributed by atoms with Crippen molar-refractivity contribution < 1.29 is 14.3 Å². The zero-order valence-electron chi connectivity index (χ0n) is 15.8. The Kier molecular flexibility index (Phi) is 4.63. The highest BCUT2D eigenvalue weighted by Crippen LogP contribution is 2.41. The highest BCUT2D eigenvalue weighted by Gasteiger charge is 2.32. The number of carbonyl (C=O) groups is 1. The molecule has 5 rings (SSSR count). The molecule has 1 amide bonds. The predicted octanol–water partition coefficient (Wildman–Crippen LogP) is 3.35. The van der Waals surface area contributed by atoms with Gasteiger partial charge in [0.05, 0.1) is 5.57 Å². The van der Waals surface area contributed by atoms with Crippen molar-refractivity contribution in [3.05, 3.63) is 64.7 Å². The first-order valence-electron chi connectivity index (χ1n) is 10.0. The van der Waals surface area contributed by atoms with E-state index in [9.17, 15) is 4.79 Å². The molecule has 1 saturated heterocycles. The second kappa shape index (κ2) is 7.41. The van der Waals surface area contributed by atoms with E-state index >= 15 is 0 Å². The summed E-state index contributed by atoms with van der Waals surface area (Å²) in [7, 11) is 0. The van der Waals surface area contributed by atoms with Gasteiger partial charge in [-0.1, -0.05) is 36.4 Å². The Morgan fingerprint density at radius 1 is 1.07 bits per heavy atom. The van der Waals surface area contributed by atoms with Gasteiger partial charge in [0.1, 0.15) is 12.4 Å². The molecule has 0 bridgehead atoms. The summed E-state index contributed by atoms with van der Waals surface area (Å²) < 4.78 is 11.4. The van der Waals surface area contributed by atoms with E-state index in [1.54, 1.807) is 0 Å². The van der Waals surface area contributed by atoms with Crippen LogP contribution in [-0.4, -0.2) is 31.7 Å². The molecule has 0 unspecified atom stereocenters. The third kappa shape index (κ3) is 3.21. The molecule has 28 heavy (non-hydrogen) atoms. The zero-order chi connectivity index (χ0) is 18.9. The van der Waals surface area contributed by atoms with Gasteiger partial charge < -0.3 is 20.1 Å². The Labute approximate surface area is 164 Å². The maximum atomic E-state index is 12.5. The first-order chi connectivity index (χ1) is 13.8. The maximum absolute atomic E-state index is 12.5. The van der Waals surface area contributed by atoms with E-state index < -0.39 is 0 Å². The van der Waals surface area contributed by atoms with Crippen molar-refractivity contribution in [2.75, 3.05) is 25.1 Å². The molecule has 0 radical (unpaired) electrons. The molecule has 5 heteroatoms. The third-order valence-corrected chi connectivity index (χ3v) is 5.75. The first kappa shape index (κ1) is 17.5. The van der Waals surface area contributed by atoms with Gasteiger partial charge in [0.25, 0.3) is 5.91 Å². The number of ether oxygens (including phenoxy) is 2. The highest BCUT2D eigenvalue weighted by atomic mass is 16.5. The molecule has 1 fully saturated rings. The molecular weight excluding hydrogens is 352 g/mol. The molecule has 0 aromatic heterocycles. The number of carbonyl (C=O) groups excluding carboxylic acids is 1. The monoisotopic (exact) mass is 376 g/mol. The van der Waals surface area contributed by atoms with E-state index in [0.717, 1.165) is 61.4 Å². The molecule has 0 spiro atoms. The first-order valence-corrected chi connectivity index (χ1v) is 10.0. The van der Waals surface area contributed by atoms with E-state index in [-0.39, 0.29) is 5.91 Å². The van der Waals surface area contributed by atoms with Crippen LogP contribution in [-0.2, 0) is 27.3 Å². The summed E-state index contributed by atoms with van der Waals surface area (Å²) in [5.41, 5.74) is 5.89. The predicted molar refractivity (Wildman–Crippen MR) is 109 cm³/mol.